The Morgan fingerprint density at radius 3 is 2.43 bits per heavy atom. The lowest BCUT2D eigenvalue weighted by molar-refractivity contribution is -0.0538. The smallest absolute Gasteiger partial charge is 0.0807 e. The van der Waals surface area contributed by atoms with Crippen molar-refractivity contribution in [3.63, 3.8) is 0 Å². The van der Waals surface area contributed by atoms with Gasteiger partial charge in [-0.2, -0.15) is 5.10 Å². The summed E-state index contributed by atoms with van der Waals surface area (Å²) in [6.07, 6.45) is 2.83. The predicted molar refractivity (Wildman–Crippen MR) is 91.9 cm³/mol. The Labute approximate surface area is 137 Å². The SMILES string of the molecule is CCOC(C)(CC)C(Cc1c(Br)c(CC)nn1CC)NC. The fourth-order valence-corrected chi connectivity index (χ4v) is 3.53. The second-order valence-electron chi connectivity index (χ2n) is 5.52. The highest BCUT2D eigenvalue weighted by Crippen LogP contribution is 2.28. The van der Waals surface area contributed by atoms with Gasteiger partial charge in [-0.1, -0.05) is 13.8 Å². The molecule has 2 atom stereocenters. The van der Waals surface area contributed by atoms with Crippen molar-refractivity contribution in [1.82, 2.24) is 15.1 Å². The van der Waals surface area contributed by atoms with Crippen LogP contribution in [-0.2, 0) is 24.1 Å². The standard InChI is InChI=1S/C16H30BrN3O/c1-7-12-15(17)13(20(9-3)19-12)11-14(18-6)16(5,8-2)21-10-4/h14,18H,7-11H2,1-6H3. The molecule has 5 heteroatoms. The molecule has 122 valence electrons. The average molecular weight is 360 g/mol. The molecule has 1 aromatic rings. The van der Waals surface area contributed by atoms with Gasteiger partial charge in [-0.3, -0.25) is 4.68 Å². The van der Waals surface area contributed by atoms with Crippen molar-refractivity contribution < 1.29 is 4.74 Å². The molecular weight excluding hydrogens is 330 g/mol. The third-order valence-electron chi connectivity index (χ3n) is 4.35. The molecule has 0 saturated heterocycles. The first-order valence-corrected chi connectivity index (χ1v) is 8.81. The van der Waals surface area contributed by atoms with Gasteiger partial charge in [0.2, 0.25) is 0 Å². The first-order valence-electron chi connectivity index (χ1n) is 8.02. The molecule has 0 radical (unpaired) electrons. The second kappa shape index (κ2) is 8.30. The lowest BCUT2D eigenvalue weighted by Crippen LogP contribution is -2.50. The second-order valence-corrected chi connectivity index (χ2v) is 6.31. The zero-order valence-electron chi connectivity index (χ0n) is 14.3. The van der Waals surface area contributed by atoms with E-state index < -0.39 is 0 Å². The van der Waals surface area contributed by atoms with Crippen molar-refractivity contribution in [3.05, 3.63) is 15.9 Å². The number of hydrogen-bond donors (Lipinski definition) is 1. The molecule has 0 bridgehead atoms. The number of halogens is 1. The minimum Gasteiger partial charge on any atom is -0.374 e. The molecule has 0 saturated carbocycles. The number of aryl methyl sites for hydroxylation is 2. The summed E-state index contributed by atoms with van der Waals surface area (Å²) in [5, 5.41) is 8.13. The molecule has 0 aliphatic heterocycles. The minimum absolute atomic E-state index is 0.168. The maximum absolute atomic E-state index is 6.04. The summed E-state index contributed by atoms with van der Waals surface area (Å²) in [7, 11) is 2.01. The zero-order chi connectivity index (χ0) is 16.0. The molecule has 0 aliphatic carbocycles. The van der Waals surface area contributed by atoms with Gasteiger partial charge in [0.15, 0.2) is 0 Å². The Hall–Kier alpha value is -0.390. The molecule has 1 heterocycles. The maximum atomic E-state index is 6.04. The zero-order valence-corrected chi connectivity index (χ0v) is 15.9. The summed E-state index contributed by atoms with van der Waals surface area (Å²) in [6.45, 7) is 12.3. The van der Waals surface area contributed by atoms with Crippen LogP contribution in [0.5, 0.6) is 0 Å². The van der Waals surface area contributed by atoms with Gasteiger partial charge in [-0.05, 0) is 56.6 Å². The van der Waals surface area contributed by atoms with Crippen molar-refractivity contribution in [2.24, 2.45) is 0 Å². The van der Waals surface area contributed by atoms with Gasteiger partial charge in [0, 0.05) is 25.6 Å². The monoisotopic (exact) mass is 359 g/mol. The summed E-state index contributed by atoms with van der Waals surface area (Å²) < 4.78 is 9.30. The molecule has 0 spiro atoms. The first-order chi connectivity index (χ1) is 9.97. The van der Waals surface area contributed by atoms with Gasteiger partial charge < -0.3 is 10.1 Å². The van der Waals surface area contributed by atoms with Crippen LogP contribution in [0.2, 0.25) is 0 Å². The van der Waals surface area contributed by atoms with Crippen molar-refractivity contribution in [3.8, 4) is 0 Å². The van der Waals surface area contributed by atoms with Crippen LogP contribution in [0.4, 0.5) is 0 Å². The summed E-state index contributed by atoms with van der Waals surface area (Å²) in [4.78, 5) is 0. The summed E-state index contributed by atoms with van der Waals surface area (Å²) in [6, 6.07) is 0.255. The largest absolute Gasteiger partial charge is 0.374 e. The van der Waals surface area contributed by atoms with Crippen molar-refractivity contribution in [2.45, 2.75) is 72.1 Å². The molecule has 0 amide bonds. The van der Waals surface area contributed by atoms with Gasteiger partial charge in [-0.25, -0.2) is 0 Å². The van der Waals surface area contributed by atoms with Crippen molar-refractivity contribution >= 4 is 15.9 Å². The molecule has 2 unspecified atom stereocenters. The predicted octanol–water partition coefficient (Wildman–Crippen LogP) is 3.56. The summed E-state index contributed by atoms with van der Waals surface area (Å²) in [5.41, 5.74) is 2.22. The molecule has 1 rings (SSSR count). The minimum atomic E-state index is -0.168. The highest BCUT2D eigenvalue weighted by atomic mass is 79.9. The Balaban J connectivity index is 3.08. The van der Waals surface area contributed by atoms with E-state index in [2.05, 4.69) is 65.6 Å². The molecule has 0 aliphatic rings. The van der Waals surface area contributed by atoms with Crippen LogP contribution >= 0.6 is 15.9 Å². The molecule has 1 aromatic heterocycles. The fourth-order valence-electron chi connectivity index (χ4n) is 2.81. The van der Waals surface area contributed by atoms with E-state index in [-0.39, 0.29) is 11.6 Å². The number of nitrogens with zero attached hydrogens (tertiary/aromatic N) is 2. The van der Waals surface area contributed by atoms with Crippen LogP contribution < -0.4 is 5.32 Å². The van der Waals surface area contributed by atoms with Gasteiger partial charge in [0.05, 0.1) is 21.5 Å². The van der Waals surface area contributed by atoms with Gasteiger partial charge in [-0.15, -0.1) is 0 Å². The van der Waals surface area contributed by atoms with Gasteiger partial charge in [0.25, 0.3) is 0 Å². The van der Waals surface area contributed by atoms with E-state index in [1.807, 2.05) is 7.05 Å². The normalized spacial score (nSPS) is 16.0. The summed E-state index contributed by atoms with van der Waals surface area (Å²) in [5.74, 6) is 0. The van der Waals surface area contributed by atoms with Crippen molar-refractivity contribution in [1.29, 1.82) is 0 Å². The van der Waals surface area contributed by atoms with Crippen LogP contribution in [0.15, 0.2) is 4.47 Å². The average Bonchev–Trinajstić information content (AvgIpc) is 2.80. The number of aromatic nitrogens is 2. The van der Waals surface area contributed by atoms with E-state index in [9.17, 15) is 0 Å². The van der Waals surface area contributed by atoms with Crippen LogP contribution in [0, 0.1) is 0 Å². The van der Waals surface area contributed by atoms with Gasteiger partial charge in [0.1, 0.15) is 0 Å². The summed E-state index contributed by atoms with van der Waals surface area (Å²) >= 11 is 3.74. The molecule has 4 nitrogen and oxygen atoms in total. The topological polar surface area (TPSA) is 39.1 Å². The Kier molecular flexibility index (Phi) is 7.37. The highest BCUT2D eigenvalue weighted by molar-refractivity contribution is 9.10. The van der Waals surface area contributed by atoms with Crippen LogP contribution in [0.1, 0.15) is 52.4 Å². The Bertz CT molecular complexity index is 447. The lowest BCUT2D eigenvalue weighted by Gasteiger charge is -2.37. The molecule has 0 aromatic carbocycles. The molecule has 1 N–H and O–H groups in total. The van der Waals surface area contributed by atoms with E-state index >= 15 is 0 Å². The number of ether oxygens (including phenoxy) is 1. The van der Waals surface area contributed by atoms with Crippen LogP contribution in [0.3, 0.4) is 0 Å². The fraction of sp³-hybridized carbons (Fsp3) is 0.812. The van der Waals surface area contributed by atoms with E-state index in [1.165, 1.54) is 5.69 Å². The highest BCUT2D eigenvalue weighted by Gasteiger charge is 2.33. The van der Waals surface area contributed by atoms with Gasteiger partial charge >= 0.3 is 0 Å². The Morgan fingerprint density at radius 1 is 1.33 bits per heavy atom. The quantitative estimate of drug-likeness (QED) is 0.732. The molecular formula is C16H30BrN3O. The molecule has 21 heavy (non-hydrogen) atoms. The van der Waals surface area contributed by atoms with E-state index in [0.717, 1.165) is 42.6 Å². The number of rotatable bonds is 9. The number of hydrogen-bond acceptors (Lipinski definition) is 3. The van der Waals surface area contributed by atoms with Crippen LogP contribution in [0.25, 0.3) is 0 Å². The maximum Gasteiger partial charge on any atom is 0.0807 e. The third kappa shape index (κ3) is 4.08. The van der Waals surface area contributed by atoms with E-state index in [4.69, 9.17) is 4.74 Å². The third-order valence-corrected chi connectivity index (χ3v) is 5.27. The van der Waals surface area contributed by atoms with Crippen molar-refractivity contribution in [2.75, 3.05) is 13.7 Å². The Morgan fingerprint density at radius 2 is 2.00 bits per heavy atom. The van der Waals surface area contributed by atoms with Crippen LogP contribution in [-0.4, -0.2) is 35.1 Å². The van der Waals surface area contributed by atoms with E-state index in [1.54, 1.807) is 0 Å². The lowest BCUT2D eigenvalue weighted by atomic mass is 9.89. The van der Waals surface area contributed by atoms with E-state index in [0.29, 0.717) is 0 Å². The first kappa shape index (κ1) is 18.7. The molecule has 0 fully saturated rings. The number of likely N-dealkylation sites (N-methyl/N-ethyl adjacent to an activating group) is 1. The number of nitrogens with one attached hydrogen (secondary N) is 1.